The number of halogens is 1. The monoisotopic (exact) mass is 359 g/mol. The second-order valence-electron chi connectivity index (χ2n) is 6.63. The van der Waals surface area contributed by atoms with E-state index in [1.54, 1.807) is 11.8 Å². The van der Waals surface area contributed by atoms with Gasteiger partial charge in [-0.2, -0.15) is 0 Å². The van der Waals surface area contributed by atoms with Crippen molar-refractivity contribution >= 4 is 39.8 Å². The number of piperidine rings is 2. The largest absolute Gasteiger partial charge is 0.300 e. The lowest BCUT2D eigenvalue weighted by Crippen LogP contribution is -2.46. The van der Waals surface area contributed by atoms with Gasteiger partial charge >= 0.3 is 0 Å². The standard InChI is InChI=1S/C16H26ClN3S2/c1-12-3-7-19(8-4-12)14-5-9-20(10-6-14)22-15-11-21-16(17)18-13(15)2/h12,14H,3-11H2,1-2H3. The Balaban J connectivity index is 1.47. The van der Waals surface area contributed by atoms with E-state index < -0.39 is 0 Å². The summed E-state index contributed by atoms with van der Waals surface area (Å²) in [6.07, 6.45) is 5.39. The first kappa shape index (κ1) is 17.2. The molecule has 3 heterocycles. The Bertz CT molecular complexity index is 450. The number of hydrogen-bond acceptors (Lipinski definition) is 5. The Morgan fingerprint density at radius 2 is 1.82 bits per heavy atom. The van der Waals surface area contributed by atoms with Crippen LogP contribution < -0.4 is 0 Å². The maximum atomic E-state index is 5.99. The summed E-state index contributed by atoms with van der Waals surface area (Å²) in [5, 5.41) is 0. The second kappa shape index (κ2) is 7.93. The van der Waals surface area contributed by atoms with E-state index in [0.717, 1.165) is 23.4 Å². The van der Waals surface area contributed by atoms with Crippen molar-refractivity contribution in [2.24, 2.45) is 10.9 Å². The van der Waals surface area contributed by atoms with Gasteiger partial charge in [-0.1, -0.05) is 30.3 Å². The Kier molecular flexibility index (Phi) is 6.18. The van der Waals surface area contributed by atoms with Gasteiger partial charge < -0.3 is 4.90 Å². The highest BCUT2D eigenvalue weighted by molar-refractivity contribution is 8.17. The molecule has 3 rings (SSSR count). The summed E-state index contributed by atoms with van der Waals surface area (Å²) < 4.78 is 3.21. The van der Waals surface area contributed by atoms with Gasteiger partial charge in [-0.3, -0.25) is 0 Å². The molecule has 0 aromatic heterocycles. The molecule has 124 valence electrons. The van der Waals surface area contributed by atoms with E-state index in [0.29, 0.717) is 4.50 Å². The van der Waals surface area contributed by atoms with E-state index in [1.807, 2.05) is 11.9 Å². The predicted octanol–water partition coefficient (Wildman–Crippen LogP) is 4.40. The van der Waals surface area contributed by atoms with Crippen LogP contribution in [0.3, 0.4) is 0 Å². The van der Waals surface area contributed by atoms with Gasteiger partial charge in [0.15, 0.2) is 4.50 Å². The zero-order valence-electron chi connectivity index (χ0n) is 13.6. The first-order valence-corrected chi connectivity index (χ1v) is 10.5. The van der Waals surface area contributed by atoms with Crippen LogP contribution in [0.5, 0.6) is 0 Å². The summed E-state index contributed by atoms with van der Waals surface area (Å²) in [7, 11) is 0. The summed E-state index contributed by atoms with van der Waals surface area (Å²) in [4.78, 5) is 8.51. The molecule has 0 atom stereocenters. The Labute approximate surface area is 148 Å². The minimum absolute atomic E-state index is 0.680. The Morgan fingerprint density at radius 3 is 2.45 bits per heavy atom. The second-order valence-corrected chi connectivity index (χ2v) is 9.37. The maximum absolute atomic E-state index is 5.99. The van der Waals surface area contributed by atoms with Crippen molar-refractivity contribution in [1.29, 1.82) is 0 Å². The highest BCUT2D eigenvalue weighted by Gasteiger charge is 2.28. The SMILES string of the molecule is CC1=C(SN2CCC(N3CCC(C)CC3)CC2)CSC(Cl)=N1. The van der Waals surface area contributed by atoms with E-state index in [9.17, 15) is 0 Å². The van der Waals surface area contributed by atoms with Crippen LogP contribution in [0.4, 0.5) is 0 Å². The third-order valence-electron chi connectivity index (χ3n) is 4.98. The lowest BCUT2D eigenvalue weighted by Gasteiger charge is -2.41. The molecule has 0 spiro atoms. The molecular weight excluding hydrogens is 334 g/mol. The number of thioether (sulfide) groups is 1. The molecule has 0 radical (unpaired) electrons. The Hall–Kier alpha value is 0.320. The van der Waals surface area contributed by atoms with Crippen molar-refractivity contribution in [1.82, 2.24) is 9.21 Å². The molecule has 0 unspecified atom stereocenters. The van der Waals surface area contributed by atoms with Crippen LogP contribution in [0, 0.1) is 5.92 Å². The molecule has 3 nitrogen and oxygen atoms in total. The van der Waals surface area contributed by atoms with Gasteiger partial charge in [-0.25, -0.2) is 9.30 Å². The average molecular weight is 360 g/mol. The third kappa shape index (κ3) is 4.44. The van der Waals surface area contributed by atoms with Crippen molar-refractivity contribution in [2.75, 3.05) is 31.9 Å². The van der Waals surface area contributed by atoms with Gasteiger partial charge in [0.1, 0.15) is 0 Å². The van der Waals surface area contributed by atoms with E-state index in [-0.39, 0.29) is 0 Å². The number of rotatable bonds is 3. The summed E-state index contributed by atoms with van der Waals surface area (Å²) >= 11 is 9.54. The van der Waals surface area contributed by atoms with Gasteiger partial charge in [0.2, 0.25) is 0 Å². The molecule has 0 aromatic rings. The molecule has 3 aliphatic heterocycles. The van der Waals surface area contributed by atoms with Crippen molar-refractivity contribution in [3.8, 4) is 0 Å². The Morgan fingerprint density at radius 1 is 1.14 bits per heavy atom. The quantitative estimate of drug-likeness (QED) is 0.695. The van der Waals surface area contributed by atoms with E-state index in [4.69, 9.17) is 11.6 Å². The van der Waals surface area contributed by atoms with E-state index >= 15 is 0 Å². The van der Waals surface area contributed by atoms with Gasteiger partial charge in [-0.15, -0.1) is 0 Å². The first-order chi connectivity index (χ1) is 10.6. The van der Waals surface area contributed by atoms with Crippen LogP contribution in [-0.2, 0) is 0 Å². The molecule has 0 amide bonds. The highest BCUT2D eigenvalue weighted by atomic mass is 35.5. The van der Waals surface area contributed by atoms with Gasteiger partial charge in [0.05, 0.1) is 5.70 Å². The van der Waals surface area contributed by atoms with Crippen LogP contribution in [0.15, 0.2) is 15.6 Å². The van der Waals surface area contributed by atoms with Gasteiger partial charge in [0.25, 0.3) is 0 Å². The van der Waals surface area contributed by atoms with Crippen LogP contribution in [0.1, 0.15) is 39.5 Å². The number of nitrogens with zero attached hydrogens (tertiary/aromatic N) is 3. The fourth-order valence-electron chi connectivity index (χ4n) is 3.40. The number of aliphatic imine (C=N–C) groups is 1. The fourth-order valence-corrected chi connectivity index (χ4v) is 5.62. The normalized spacial score (nSPS) is 27.3. The number of allylic oxidation sites excluding steroid dienone is 1. The minimum atomic E-state index is 0.680. The lowest BCUT2D eigenvalue weighted by atomic mass is 9.95. The third-order valence-corrected chi connectivity index (χ3v) is 7.62. The molecule has 0 aromatic carbocycles. The summed E-state index contributed by atoms with van der Waals surface area (Å²) in [6.45, 7) is 9.48. The lowest BCUT2D eigenvalue weighted by molar-refractivity contribution is 0.103. The van der Waals surface area contributed by atoms with Gasteiger partial charge in [0, 0.05) is 29.8 Å². The molecule has 0 N–H and O–H groups in total. The zero-order valence-corrected chi connectivity index (χ0v) is 15.9. The number of hydrogen-bond donors (Lipinski definition) is 0. The molecule has 3 aliphatic rings. The molecule has 6 heteroatoms. The molecule has 0 saturated carbocycles. The van der Waals surface area contributed by atoms with Crippen molar-refractivity contribution in [3.63, 3.8) is 0 Å². The fraction of sp³-hybridized carbons (Fsp3) is 0.812. The molecular formula is C16H26ClN3S2. The molecule has 2 fully saturated rings. The van der Waals surface area contributed by atoms with Crippen LogP contribution in [-0.4, -0.2) is 51.7 Å². The minimum Gasteiger partial charge on any atom is -0.300 e. The van der Waals surface area contributed by atoms with E-state index in [2.05, 4.69) is 28.0 Å². The topological polar surface area (TPSA) is 18.8 Å². The van der Waals surface area contributed by atoms with Crippen LogP contribution >= 0.6 is 35.3 Å². The van der Waals surface area contributed by atoms with Crippen molar-refractivity contribution in [3.05, 3.63) is 10.6 Å². The predicted molar refractivity (Wildman–Crippen MR) is 101 cm³/mol. The summed E-state index contributed by atoms with van der Waals surface area (Å²) in [5.74, 6) is 1.90. The molecule has 2 saturated heterocycles. The average Bonchev–Trinajstić information content (AvgIpc) is 2.52. The summed E-state index contributed by atoms with van der Waals surface area (Å²) in [6, 6.07) is 0.813. The molecule has 22 heavy (non-hydrogen) atoms. The molecule has 0 bridgehead atoms. The van der Waals surface area contributed by atoms with Crippen LogP contribution in [0.25, 0.3) is 0 Å². The highest BCUT2D eigenvalue weighted by Crippen LogP contribution is 2.35. The summed E-state index contributed by atoms with van der Waals surface area (Å²) in [5.41, 5.74) is 1.10. The maximum Gasteiger partial charge on any atom is 0.163 e. The van der Waals surface area contributed by atoms with Crippen molar-refractivity contribution in [2.45, 2.75) is 45.6 Å². The smallest absolute Gasteiger partial charge is 0.163 e. The van der Waals surface area contributed by atoms with Crippen LogP contribution in [0.2, 0.25) is 0 Å². The van der Waals surface area contributed by atoms with Gasteiger partial charge in [-0.05, 0) is 63.6 Å². The number of likely N-dealkylation sites (tertiary alicyclic amines) is 1. The first-order valence-electron chi connectivity index (χ1n) is 8.35. The van der Waals surface area contributed by atoms with Crippen molar-refractivity contribution < 1.29 is 0 Å². The molecule has 0 aliphatic carbocycles. The van der Waals surface area contributed by atoms with E-state index in [1.165, 1.54) is 56.8 Å². The zero-order chi connectivity index (χ0) is 15.5.